The van der Waals surface area contributed by atoms with Crippen LogP contribution in [0.1, 0.15) is 11.1 Å². The lowest BCUT2D eigenvalue weighted by molar-refractivity contribution is 0.352. The zero-order valence-corrected chi connectivity index (χ0v) is 11.9. The molecule has 1 N–H and O–H groups in total. The number of aryl methyl sites for hydroxylation is 1. The molecule has 0 aromatic heterocycles. The molecule has 0 unspecified atom stereocenters. The normalized spacial score (nSPS) is 10.2. The van der Waals surface area contributed by atoms with Gasteiger partial charge in [0.2, 0.25) is 0 Å². The van der Waals surface area contributed by atoms with Crippen LogP contribution in [0.4, 0.5) is 10.1 Å². The molecule has 0 aliphatic heterocycles. The smallest absolute Gasteiger partial charge is 0.165 e. The predicted octanol–water partition coefficient (Wildman–Crippen LogP) is 3.76. The van der Waals surface area contributed by atoms with Crippen molar-refractivity contribution in [3.8, 4) is 11.5 Å². The number of methoxy groups -OCH3 is 2. The van der Waals surface area contributed by atoms with Crippen LogP contribution in [0.3, 0.4) is 0 Å². The molecule has 0 bridgehead atoms. The maximum absolute atomic E-state index is 13.3. The van der Waals surface area contributed by atoms with E-state index in [0.717, 1.165) is 16.8 Å². The highest BCUT2D eigenvalue weighted by atomic mass is 19.1. The van der Waals surface area contributed by atoms with E-state index in [-0.39, 0.29) is 5.82 Å². The predicted molar refractivity (Wildman–Crippen MR) is 78.0 cm³/mol. The SMILES string of the molecule is COc1cccc(CNc2cc(F)ccc2C)c1OC. The van der Waals surface area contributed by atoms with Crippen LogP contribution in [0.25, 0.3) is 0 Å². The van der Waals surface area contributed by atoms with Gasteiger partial charge in [0.15, 0.2) is 11.5 Å². The highest BCUT2D eigenvalue weighted by molar-refractivity contribution is 5.53. The second kappa shape index (κ2) is 6.28. The zero-order valence-electron chi connectivity index (χ0n) is 11.9. The summed E-state index contributed by atoms with van der Waals surface area (Å²) in [6.45, 7) is 2.47. The lowest BCUT2D eigenvalue weighted by Gasteiger charge is -2.14. The molecule has 0 amide bonds. The van der Waals surface area contributed by atoms with Crippen molar-refractivity contribution in [1.82, 2.24) is 0 Å². The van der Waals surface area contributed by atoms with E-state index < -0.39 is 0 Å². The van der Waals surface area contributed by atoms with Crippen molar-refractivity contribution >= 4 is 5.69 Å². The molecule has 0 saturated carbocycles. The van der Waals surface area contributed by atoms with Gasteiger partial charge in [0.05, 0.1) is 14.2 Å². The van der Waals surface area contributed by atoms with Crippen LogP contribution in [0.15, 0.2) is 36.4 Å². The first-order chi connectivity index (χ1) is 9.65. The minimum absolute atomic E-state index is 0.254. The van der Waals surface area contributed by atoms with Gasteiger partial charge in [0.25, 0.3) is 0 Å². The maximum atomic E-state index is 13.3. The summed E-state index contributed by atoms with van der Waals surface area (Å²) in [5, 5.41) is 3.22. The molecular formula is C16H18FNO2. The Hall–Kier alpha value is -2.23. The largest absolute Gasteiger partial charge is 0.493 e. The maximum Gasteiger partial charge on any atom is 0.165 e. The van der Waals surface area contributed by atoms with E-state index in [0.29, 0.717) is 18.0 Å². The van der Waals surface area contributed by atoms with Crippen LogP contribution in [0, 0.1) is 12.7 Å². The third kappa shape index (κ3) is 3.02. The van der Waals surface area contributed by atoms with E-state index >= 15 is 0 Å². The Morgan fingerprint density at radius 3 is 2.60 bits per heavy atom. The van der Waals surface area contributed by atoms with Crippen molar-refractivity contribution in [2.75, 3.05) is 19.5 Å². The monoisotopic (exact) mass is 275 g/mol. The summed E-state index contributed by atoms with van der Waals surface area (Å²) in [4.78, 5) is 0. The van der Waals surface area contributed by atoms with Crippen LogP contribution in [-0.2, 0) is 6.54 Å². The number of ether oxygens (including phenoxy) is 2. The standard InChI is InChI=1S/C16H18FNO2/c1-11-7-8-13(17)9-14(11)18-10-12-5-4-6-15(19-2)16(12)20-3/h4-9,18H,10H2,1-3H3. The second-order valence-electron chi connectivity index (χ2n) is 4.47. The highest BCUT2D eigenvalue weighted by Gasteiger charge is 2.09. The highest BCUT2D eigenvalue weighted by Crippen LogP contribution is 2.31. The van der Waals surface area contributed by atoms with Crippen molar-refractivity contribution in [2.24, 2.45) is 0 Å². The quantitative estimate of drug-likeness (QED) is 0.901. The molecule has 0 aliphatic carbocycles. The zero-order chi connectivity index (χ0) is 14.5. The van der Waals surface area contributed by atoms with Gasteiger partial charge in [0.1, 0.15) is 5.82 Å². The minimum Gasteiger partial charge on any atom is -0.493 e. The Kier molecular flexibility index (Phi) is 4.45. The van der Waals surface area contributed by atoms with Crippen molar-refractivity contribution in [2.45, 2.75) is 13.5 Å². The summed E-state index contributed by atoms with van der Waals surface area (Å²) in [5.41, 5.74) is 2.72. The van der Waals surface area contributed by atoms with Gasteiger partial charge < -0.3 is 14.8 Å². The molecule has 0 spiro atoms. The topological polar surface area (TPSA) is 30.5 Å². The fraction of sp³-hybridized carbons (Fsp3) is 0.250. The Morgan fingerprint density at radius 2 is 1.90 bits per heavy atom. The molecule has 0 fully saturated rings. The van der Waals surface area contributed by atoms with Gasteiger partial charge in [0, 0.05) is 17.8 Å². The van der Waals surface area contributed by atoms with E-state index in [9.17, 15) is 4.39 Å². The molecule has 0 heterocycles. The summed E-state index contributed by atoms with van der Waals surface area (Å²) in [7, 11) is 3.21. The van der Waals surface area contributed by atoms with Gasteiger partial charge in [-0.05, 0) is 30.7 Å². The molecule has 4 heteroatoms. The number of nitrogens with one attached hydrogen (secondary N) is 1. The van der Waals surface area contributed by atoms with Gasteiger partial charge in [-0.1, -0.05) is 18.2 Å². The Labute approximate surface area is 118 Å². The first kappa shape index (κ1) is 14.2. The van der Waals surface area contributed by atoms with Crippen molar-refractivity contribution in [3.05, 3.63) is 53.3 Å². The van der Waals surface area contributed by atoms with Gasteiger partial charge in [-0.3, -0.25) is 0 Å². The lowest BCUT2D eigenvalue weighted by atomic mass is 10.1. The van der Waals surface area contributed by atoms with Crippen LogP contribution >= 0.6 is 0 Å². The molecule has 3 nitrogen and oxygen atoms in total. The third-order valence-electron chi connectivity index (χ3n) is 3.15. The summed E-state index contributed by atoms with van der Waals surface area (Å²) >= 11 is 0. The third-order valence-corrected chi connectivity index (χ3v) is 3.15. The number of anilines is 1. The van der Waals surface area contributed by atoms with Crippen molar-refractivity contribution < 1.29 is 13.9 Å². The fourth-order valence-corrected chi connectivity index (χ4v) is 2.07. The molecule has 0 atom stereocenters. The Balaban J connectivity index is 2.20. The van der Waals surface area contributed by atoms with E-state index in [1.807, 2.05) is 25.1 Å². The molecule has 2 aromatic carbocycles. The average Bonchev–Trinajstić information content (AvgIpc) is 2.47. The van der Waals surface area contributed by atoms with Gasteiger partial charge in [-0.2, -0.15) is 0 Å². The van der Waals surface area contributed by atoms with Gasteiger partial charge >= 0.3 is 0 Å². The number of benzene rings is 2. The van der Waals surface area contributed by atoms with E-state index in [4.69, 9.17) is 9.47 Å². The van der Waals surface area contributed by atoms with Gasteiger partial charge in [-0.25, -0.2) is 4.39 Å². The van der Waals surface area contributed by atoms with Crippen LogP contribution < -0.4 is 14.8 Å². The number of halogens is 1. The van der Waals surface area contributed by atoms with Crippen LogP contribution in [0.5, 0.6) is 11.5 Å². The summed E-state index contributed by atoms with van der Waals surface area (Å²) in [6.07, 6.45) is 0. The summed E-state index contributed by atoms with van der Waals surface area (Å²) in [6, 6.07) is 10.4. The Morgan fingerprint density at radius 1 is 1.10 bits per heavy atom. The van der Waals surface area contributed by atoms with E-state index in [1.165, 1.54) is 12.1 Å². The lowest BCUT2D eigenvalue weighted by Crippen LogP contribution is -2.04. The van der Waals surface area contributed by atoms with Gasteiger partial charge in [-0.15, -0.1) is 0 Å². The fourth-order valence-electron chi connectivity index (χ4n) is 2.07. The van der Waals surface area contributed by atoms with Crippen LogP contribution in [0.2, 0.25) is 0 Å². The molecule has 2 aromatic rings. The molecule has 0 aliphatic rings. The number of para-hydroxylation sites is 1. The second-order valence-corrected chi connectivity index (χ2v) is 4.47. The molecule has 0 saturated heterocycles. The first-order valence-corrected chi connectivity index (χ1v) is 6.35. The van der Waals surface area contributed by atoms with Crippen LogP contribution in [-0.4, -0.2) is 14.2 Å². The molecule has 0 radical (unpaired) electrons. The van der Waals surface area contributed by atoms with Crippen molar-refractivity contribution in [3.63, 3.8) is 0 Å². The van der Waals surface area contributed by atoms with Crippen molar-refractivity contribution in [1.29, 1.82) is 0 Å². The molecule has 2 rings (SSSR count). The summed E-state index contributed by atoms with van der Waals surface area (Å²) < 4.78 is 23.9. The van der Waals surface area contributed by atoms with E-state index in [2.05, 4.69) is 5.32 Å². The number of hydrogen-bond donors (Lipinski definition) is 1. The van der Waals surface area contributed by atoms with E-state index in [1.54, 1.807) is 20.3 Å². The first-order valence-electron chi connectivity index (χ1n) is 6.35. The molecule has 20 heavy (non-hydrogen) atoms. The molecular weight excluding hydrogens is 257 g/mol. The number of rotatable bonds is 5. The average molecular weight is 275 g/mol. The summed E-state index contributed by atoms with van der Waals surface area (Å²) in [5.74, 6) is 1.12. The molecule has 106 valence electrons. The number of hydrogen-bond acceptors (Lipinski definition) is 3. The Bertz CT molecular complexity index is 599. The minimum atomic E-state index is -0.254.